The second-order valence-corrected chi connectivity index (χ2v) is 2.73. The normalized spacial score (nSPS) is 19.3. The second-order valence-electron chi connectivity index (χ2n) is 2.73. The van der Waals surface area contributed by atoms with Crippen LogP contribution in [-0.2, 0) is 9.59 Å². The van der Waals surface area contributed by atoms with Crippen molar-refractivity contribution in [2.75, 3.05) is 0 Å². The molecule has 1 saturated carbocycles. The molecule has 0 heterocycles. The molecular weight excluding hydrogens is 160 g/mol. The Morgan fingerprint density at radius 2 is 1.83 bits per heavy atom. The van der Waals surface area contributed by atoms with E-state index in [2.05, 4.69) is 5.32 Å². The van der Waals surface area contributed by atoms with Crippen molar-refractivity contribution < 1.29 is 14.4 Å². The summed E-state index contributed by atoms with van der Waals surface area (Å²) < 4.78 is 0. The largest absolute Gasteiger partial charge is 0.352 e. The third-order valence-electron chi connectivity index (χ3n) is 1.78. The van der Waals surface area contributed by atoms with Crippen molar-refractivity contribution in [2.24, 2.45) is 5.73 Å². The van der Waals surface area contributed by atoms with Crippen LogP contribution in [0, 0.1) is 0 Å². The molecule has 1 aliphatic rings. The molecule has 5 heteroatoms. The summed E-state index contributed by atoms with van der Waals surface area (Å²) in [5, 5.41) is 2.12. The predicted octanol–water partition coefficient (Wildman–Crippen LogP) is -0.655. The van der Waals surface area contributed by atoms with Crippen LogP contribution in [0.15, 0.2) is 0 Å². The summed E-state index contributed by atoms with van der Waals surface area (Å²) in [5.74, 6) is -0.491. The number of ketones is 2. The summed E-state index contributed by atoms with van der Waals surface area (Å²) in [6.07, 6.45) is 1.27. The lowest BCUT2D eigenvalue weighted by molar-refractivity contribution is -0.132. The van der Waals surface area contributed by atoms with Crippen LogP contribution in [0.3, 0.4) is 0 Å². The Hall–Kier alpha value is -1.39. The fraction of sp³-hybridized carbons (Fsp3) is 0.571. The van der Waals surface area contributed by atoms with Crippen LogP contribution in [0.5, 0.6) is 0 Å². The van der Waals surface area contributed by atoms with E-state index >= 15 is 0 Å². The van der Waals surface area contributed by atoms with Crippen LogP contribution in [0.4, 0.5) is 4.79 Å². The van der Waals surface area contributed by atoms with Gasteiger partial charge < -0.3 is 11.1 Å². The van der Waals surface area contributed by atoms with Gasteiger partial charge in [0.05, 0.1) is 0 Å². The van der Waals surface area contributed by atoms with Gasteiger partial charge in [-0.3, -0.25) is 9.59 Å². The van der Waals surface area contributed by atoms with Gasteiger partial charge in [0.2, 0.25) is 0 Å². The third kappa shape index (κ3) is 1.81. The van der Waals surface area contributed by atoms with Crippen LogP contribution in [0.2, 0.25) is 0 Å². The van der Waals surface area contributed by atoms with Gasteiger partial charge in [0.25, 0.3) is 0 Å². The fourth-order valence-corrected chi connectivity index (χ4v) is 1.21. The van der Waals surface area contributed by atoms with Crippen molar-refractivity contribution in [2.45, 2.75) is 25.3 Å². The van der Waals surface area contributed by atoms with E-state index in [1.165, 1.54) is 0 Å². The van der Waals surface area contributed by atoms with E-state index in [4.69, 9.17) is 5.73 Å². The quantitative estimate of drug-likeness (QED) is 0.512. The zero-order valence-corrected chi connectivity index (χ0v) is 6.50. The van der Waals surface area contributed by atoms with Gasteiger partial charge in [-0.15, -0.1) is 0 Å². The van der Waals surface area contributed by atoms with E-state index < -0.39 is 12.1 Å². The van der Waals surface area contributed by atoms with Crippen LogP contribution < -0.4 is 11.1 Å². The van der Waals surface area contributed by atoms with Crippen molar-refractivity contribution in [1.29, 1.82) is 0 Å². The zero-order valence-electron chi connectivity index (χ0n) is 6.50. The van der Waals surface area contributed by atoms with Crippen LogP contribution >= 0.6 is 0 Å². The maximum absolute atomic E-state index is 11.0. The Labute approximate surface area is 69.3 Å². The number of nitrogens with two attached hydrogens (primary N) is 1. The van der Waals surface area contributed by atoms with Crippen molar-refractivity contribution in [3.63, 3.8) is 0 Å². The number of Topliss-reactive ketones (excluding diaryl/α,β-unsaturated/α-hetero) is 2. The number of carbonyl (C=O) groups excluding carboxylic acids is 3. The summed E-state index contributed by atoms with van der Waals surface area (Å²) in [7, 11) is 0. The molecule has 0 aliphatic heterocycles. The number of urea groups is 1. The number of nitrogens with one attached hydrogen (secondary N) is 1. The van der Waals surface area contributed by atoms with E-state index in [0.29, 0.717) is 19.3 Å². The molecule has 0 aromatic rings. The number of carbonyl (C=O) groups is 3. The summed E-state index contributed by atoms with van der Waals surface area (Å²) >= 11 is 0. The smallest absolute Gasteiger partial charge is 0.313 e. The number of rotatable bonds is 1. The topological polar surface area (TPSA) is 89.3 Å². The molecule has 5 nitrogen and oxygen atoms in total. The van der Waals surface area contributed by atoms with Gasteiger partial charge >= 0.3 is 6.03 Å². The SMILES string of the molecule is NC(=O)NC1C(=O)CCCC1=O. The molecule has 0 unspecified atom stereocenters. The predicted molar refractivity (Wildman–Crippen MR) is 40.4 cm³/mol. The average molecular weight is 170 g/mol. The van der Waals surface area contributed by atoms with Gasteiger partial charge in [0.1, 0.15) is 6.04 Å². The zero-order chi connectivity index (χ0) is 9.14. The number of amides is 2. The number of primary amides is 1. The van der Waals surface area contributed by atoms with Gasteiger partial charge in [0.15, 0.2) is 11.6 Å². The fourth-order valence-electron chi connectivity index (χ4n) is 1.21. The van der Waals surface area contributed by atoms with Gasteiger partial charge in [-0.05, 0) is 6.42 Å². The molecule has 0 atom stereocenters. The summed E-state index contributed by atoms with van der Waals surface area (Å²) in [4.78, 5) is 32.5. The summed E-state index contributed by atoms with van der Waals surface area (Å²) in [6, 6.07) is -1.82. The molecule has 3 N–H and O–H groups in total. The molecule has 1 fully saturated rings. The van der Waals surface area contributed by atoms with Crippen LogP contribution in [0.1, 0.15) is 19.3 Å². The highest BCUT2D eigenvalue weighted by atomic mass is 16.2. The Bertz CT molecular complexity index is 221. The van der Waals surface area contributed by atoms with Gasteiger partial charge in [-0.25, -0.2) is 4.79 Å². The molecule has 1 rings (SSSR count). The Morgan fingerprint density at radius 1 is 1.33 bits per heavy atom. The molecule has 12 heavy (non-hydrogen) atoms. The molecule has 0 aromatic heterocycles. The Morgan fingerprint density at radius 3 is 2.25 bits per heavy atom. The lowest BCUT2D eigenvalue weighted by atomic mass is 9.93. The highest BCUT2D eigenvalue weighted by molar-refractivity contribution is 6.10. The molecule has 1 aliphatic carbocycles. The first-order valence-corrected chi connectivity index (χ1v) is 3.72. The second kappa shape index (κ2) is 3.34. The maximum Gasteiger partial charge on any atom is 0.313 e. The van der Waals surface area contributed by atoms with Crippen LogP contribution in [0.25, 0.3) is 0 Å². The molecule has 2 amide bonds. The minimum absolute atomic E-state index is 0.245. The minimum Gasteiger partial charge on any atom is -0.352 e. The maximum atomic E-state index is 11.0. The minimum atomic E-state index is -0.990. The third-order valence-corrected chi connectivity index (χ3v) is 1.78. The molecule has 0 bridgehead atoms. The highest BCUT2D eigenvalue weighted by Crippen LogP contribution is 2.10. The van der Waals surface area contributed by atoms with E-state index in [9.17, 15) is 14.4 Å². The summed E-state index contributed by atoms with van der Waals surface area (Å²) in [5.41, 5.74) is 4.79. The van der Waals surface area contributed by atoms with Crippen molar-refractivity contribution in [1.82, 2.24) is 5.32 Å². The average Bonchev–Trinajstić information content (AvgIpc) is 1.97. The van der Waals surface area contributed by atoms with E-state index in [1.807, 2.05) is 0 Å². The van der Waals surface area contributed by atoms with Gasteiger partial charge in [-0.2, -0.15) is 0 Å². The molecule has 0 spiro atoms. The van der Waals surface area contributed by atoms with E-state index in [0.717, 1.165) is 0 Å². The van der Waals surface area contributed by atoms with Crippen molar-refractivity contribution in [3.8, 4) is 0 Å². The van der Waals surface area contributed by atoms with E-state index in [-0.39, 0.29) is 11.6 Å². The van der Waals surface area contributed by atoms with Crippen LogP contribution in [-0.4, -0.2) is 23.6 Å². The molecular formula is C7H10N2O3. The van der Waals surface area contributed by atoms with Crippen molar-refractivity contribution >= 4 is 17.6 Å². The number of hydrogen-bond acceptors (Lipinski definition) is 3. The first-order chi connectivity index (χ1) is 5.61. The monoisotopic (exact) mass is 170 g/mol. The number of hydrogen-bond donors (Lipinski definition) is 2. The van der Waals surface area contributed by atoms with Crippen molar-refractivity contribution in [3.05, 3.63) is 0 Å². The molecule has 0 aromatic carbocycles. The van der Waals surface area contributed by atoms with Gasteiger partial charge in [-0.1, -0.05) is 0 Å². The van der Waals surface area contributed by atoms with E-state index in [1.54, 1.807) is 0 Å². The molecule has 0 saturated heterocycles. The van der Waals surface area contributed by atoms with Gasteiger partial charge in [0, 0.05) is 12.8 Å². The highest BCUT2D eigenvalue weighted by Gasteiger charge is 2.30. The molecule has 0 radical (unpaired) electrons. The summed E-state index contributed by atoms with van der Waals surface area (Å²) in [6.45, 7) is 0. The Kier molecular flexibility index (Phi) is 2.42. The Balaban J connectivity index is 2.63. The first kappa shape index (κ1) is 8.70. The standard InChI is InChI=1S/C7H10N2O3/c8-7(12)9-6-4(10)2-1-3-5(6)11/h6H,1-3H2,(H3,8,9,12). The lowest BCUT2D eigenvalue weighted by Gasteiger charge is -2.18. The first-order valence-electron chi connectivity index (χ1n) is 3.72. The lowest BCUT2D eigenvalue weighted by Crippen LogP contribution is -2.50. The molecule has 66 valence electrons.